The number of hydrogen-bond donors (Lipinski definition) is 0. The lowest BCUT2D eigenvalue weighted by molar-refractivity contribution is 1.05. The predicted octanol–water partition coefficient (Wildman–Crippen LogP) is 3.01. The zero-order chi connectivity index (χ0) is 7.52. The van der Waals surface area contributed by atoms with Gasteiger partial charge in [-0.05, 0) is 24.3 Å². The van der Waals surface area contributed by atoms with E-state index in [1.807, 2.05) is 0 Å². The highest BCUT2D eigenvalue weighted by Crippen LogP contribution is 2.37. The molecule has 0 heteroatoms. The van der Waals surface area contributed by atoms with E-state index in [2.05, 4.69) is 42.5 Å². The smallest absolute Gasteiger partial charge is 0.0162 e. The first-order chi connectivity index (χ1) is 5.47. The maximum atomic E-state index is 2.22. The molecule has 0 aromatic carbocycles. The Labute approximate surface area is 67.6 Å². The Kier molecular flexibility index (Phi) is 1.76. The van der Waals surface area contributed by atoms with Crippen molar-refractivity contribution in [2.45, 2.75) is 12.8 Å². The summed E-state index contributed by atoms with van der Waals surface area (Å²) in [6, 6.07) is 0. The second kappa shape index (κ2) is 2.91. The Bertz CT molecular complexity index is 247. The largest absolute Gasteiger partial charge is 0.0623 e. The third-order valence-electron chi connectivity index (χ3n) is 2.07. The molecule has 0 aromatic heterocycles. The van der Waals surface area contributed by atoms with Gasteiger partial charge in [-0.2, -0.15) is 0 Å². The first-order valence-corrected chi connectivity index (χ1v) is 4.18. The first-order valence-electron chi connectivity index (χ1n) is 4.18. The third-order valence-corrected chi connectivity index (χ3v) is 2.07. The Morgan fingerprint density at radius 1 is 0.909 bits per heavy atom. The molecule has 1 saturated carbocycles. The van der Waals surface area contributed by atoms with Gasteiger partial charge in [0.1, 0.15) is 0 Å². The molecule has 56 valence electrons. The van der Waals surface area contributed by atoms with Crippen LogP contribution >= 0.6 is 0 Å². The highest BCUT2D eigenvalue weighted by molar-refractivity contribution is 5.34. The summed E-state index contributed by atoms with van der Waals surface area (Å²) in [7, 11) is 0. The van der Waals surface area contributed by atoms with Crippen molar-refractivity contribution in [3.8, 4) is 0 Å². The molecule has 0 aliphatic heterocycles. The van der Waals surface area contributed by atoms with Gasteiger partial charge in [-0.3, -0.25) is 0 Å². The van der Waals surface area contributed by atoms with E-state index in [1.54, 1.807) is 0 Å². The fraction of sp³-hybridized carbons (Fsp3) is 0.273. The molecule has 0 heterocycles. The maximum absolute atomic E-state index is 2.22. The fourth-order valence-corrected chi connectivity index (χ4v) is 1.27. The van der Waals surface area contributed by atoms with Gasteiger partial charge in [0.25, 0.3) is 0 Å². The van der Waals surface area contributed by atoms with Crippen LogP contribution in [-0.4, -0.2) is 0 Å². The average molecular weight is 144 g/mol. The van der Waals surface area contributed by atoms with Crippen LogP contribution in [0.3, 0.4) is 0 Å². The van der Waals surface area contributed by atoms with Gasteiger partial charge in [-0.25, -0.2) is 0 Å². The first kappa shape index (κ1) is 6.66. The molecule has 0 saturated heterocycles. The molecule has 1 fully saturated rings. The molecule has 0 N–H and O–H groups in total. The summed E-state index contributed by atoms with van der Waals surface area (Å²) in [4.78, 5) is 0. The standard InChI is InChI=1S/C11H12/c1-2-4-6-10(7-5-3-1)11-8-9-11/h1-7,11H,8-9H2/b2-1-,3-1?,4-2?,5-3-,6-4-,7-5?,10-6?,10-7+. The van der Waals surface area contributed by atoms with Crippen LogP contribution in [-0.2, 0) is 0 Å². The Balaban J connectivity index is 2.16. The van der Waals surface area contributed by atoms with E-state index < -0.39 is 0 Å². The lowest BCUT2D eigenvalue weighted by Crippen LogP contribution is -1.79. The summed E-state index contributed by atoms with van der Waals surface area (Å²) >= 11 is 0. The lowest BCUT2D eigenvalue weighted by Gasteiger charge is -1.96. The fourth-order valence-electron chi connectivity index (χ4n) is 1.27. The van der Waals surface area contributed by atoms with Crippen LogP contribution < -0.4 is 0 Å². The summed E-state index contributed by atoms with van der Waals surface area (Å²) in [5.74, 6) is 0.863. The topological polar surface area (TPSA) is 0 Å². The zero-order valence-corrected chi connectivity index (χ0v) is 6.53. The van der Waals surface area contributed by atoms with Crippen molar-refractivity contribution in [2.75, 3.05) is 0 Å². The summed E-state index contributed by atoms with van der Waals surface area (Å²) in [5, 5.41) is 0. The van der Waals surface area contributed by atoms with E-state index in [9.17, 15) is 0 Å². The van der Waals surface area contributed by atoms with E-state index >= 15 is 0 Å². The van der Waals surface area contributed by atoms with Crippen molar-refractivity contribution in [3.63, 3.8) is 0 Å². The van der Waals surface area contributed by atoms with Crippen LogP contribution in [0.1, 0.15) is 12.8 Å². The van der Waals surface area contributed by atoms with Crippen molar-refractivity contribution in [1.82, 2.24) is 0 Å². The number of hydrogen-bond acceptors (Lipinski definition) is 0. The van der Waals surface area contributed by atoms with Crippen molar-refractivity contribution in [1.29, 1.82) is 0 Å². The highest BCUT2D eigenvalue weighted by atomic mass is 14.3. The molecule has 0 amide bonds. The van der Waals surface area contributed by atoms with Crippen LogP contribution in [0.15, 0.2) is 48.1 Å². The summed E-state index contributed by atoms with van der Waals surface area (Å²) < 4.78 is 0. The van der Waals surface area contributed by atoms with E-state index in [4.69, 9.17) is 0 Å². The quantitative estimate of drug-likeness (QED) is 0.530. The minimum Gasteiger partial charge on any atom is -0.0623 e. The van der Waals surface area contributed by atoms with E-state index in [0.29, 0.717) is 0 Å². The molecule has 0 atom stereocenters. The van der Waals surface area contributed by atoms with Gasteiger partial charge in [0, 0.05) is 0 Å². The number of allylic oxidation sites excluding steroid dienone is 8. The second-order valence-electron chi connectivity index (χ2n) is 3.07. The van der Waals surface area contributed by atoms with Gasteiger partial charge in [-0.15, -0.1) is 0 Å². The van der Waals surface area contributed by atoms with E-state index in [0.717, 1.165) is 5.92 Å². The van der Waals surface area contributed by atoms with Gasteiger partial charge in [0.2, 0.25) is 0 Å². The Morgan fingerprint density at radius 3 is 2.45 bits per heavy atom. The van der Waals surface area contributed by atoms with Crippen LogP contribution in [0, 0.1) is 5.92 Å². The molecule has 2 aliphatic carbocycles. The Morgan fingerprint density at radius 2 is 1.64 bits per heavy atom. The molecule has 0 spiro atoms. The van der Waals surface area contributed by atoms with Crippen molar-refractivity contribution in [3.05, 3.63) is 48.1 Å². The van der Waals surface area contributed by atoms with Gasteiger partial charge in [0.05, 0.1) is 0 Å². The highest BCUT2D eigenvalue weighted by Gasteiger charge is 2.23. The van der Waals surface area contributed by atoms with Crippen molar-refractivity contribution in [2.24, 2.45) is 5.92 Å². The van der Waals surface area contributed by atoms with Gasteiger partial charge < -0.3 is 0 Å². The summed E-state index contributed by atoms with van der Waals surface area (Å²) in [6.07, 6.45) is 17.6. The third kappa shape index (κ3) is 1.70. The SMILES string of the molecule is C1=C\C=C/C(C2CC2)=C\C=C/1. The molecule has 0 aromatic rings. The average Bonchev–Trinajstić information content (AvgIpc) is 2.68. The van der Waals surface area contributed by atoms with Gasteiger partial charge >= 0.3 is 0 Å². The lowest BCUT2D eigenvalue weighted by atomic mass is 10.1. The molecule has 2 aliphatic rings. The normalized spacial score (nSPS) is 36.2. The minimum absolute atomic E-state index is 0.863. The van der Waals surface area contributed by atoms with Crippen LogP contribution in [0.25, 0.3) is 0 Å². The van der Waals surface area contributed by atoms with Crippen LogP contribution in [0.5, 0.6) is 0 Å². The number of rotatable bonds is 1. The molecule has 0 radical (unpaired) electrons. The monoisotopic (exact) mass is 144 g/mol. The Hall–Kier alpha value is -1.04. The zero-order valence-electron chi connectivity index (χ0n) is 6.53. The maximum Gasteiger partial charge on any atom is -0.0162 e. The van der Waals surface area contributed by atoms with Gasteiger partial charge in [0.15, 0.2) is 0 Å². The van der Waals surface area contributed by atoms with Crippen LogP contribution in [0.2, 0.25) is 0 Å². The van der Waals surface area contributed by atoms with Crippen molar-refractivity contribution < 1.29 is 0 Å². The molecule has 0 unspecified atom stereocenters. The molecular formula is C11H12. The van der Waals surface area contributed by atoms with E-state index in [-0.39, 0.29) is 0 Å². The molecule has 11 heavy (non-hydrogen) atoms. The molecule has 0 nitrogen and oxygen atoms in total. The summed E-state index contributed by atoms with van der Waals surface area (Å²) in [6.45, 7) is 0. The molecule has 2 rings (SSSR count). The van der Waals surface area contributed by atoms with Crippen LogP contribution in [0.4, 0.5) is 0 Å². The van der Waals surface area contributed by atoms with Crippen molar-refractivity contribution >= 4 is 0 Å². The second-order valence-corrected chi connectivity index (χ2v) is 3.07. The van der Waals surface area contributed by atoms with Gasteiger partial charge in [-0.1, -0.05) is 42.5 Å². The minimum atomic E-state index is 0.863. The van der Waals surface area contributed by atoms with E-state index in [1.165, 1.54) is 18.4 Å². The predicted molar refractivity (Wildman–Crippen MR) is 48.2 cm³/mol. The molecular weight excluding hydrogens is 132 g/mol. The molecule has 0 bridgehead atoms. The summed E-state index contributed by atoms with van der Waals surface area (Å²) in [5.41, 5.74) is 1.49.